The zero-order valence-electron chi connectivity index (χ0n) is 30.3. The van der Waals surface area contributed by atoms with E-state index in [4.69, 9.17) is 33.2 Å². The lowest BCUT2D eigenvalue weighted by Gasteiger charge is -2.21. The van der Waals surface area contributed by atoms with Gasteiger partial charge in [-0.25, -0.2) is 0 Å². The van der Waals surface area contributed by atoms with Gasteiger partial charge in [-0.3, -0.25) is 0 Å². The molecule has 0 spiro atoms. The number of nitrogens with one attached hydrogen (secondary N) is 2. The van der Waals surface area contributed by atoms with Crippen molar-refractivity contribution in [2.45, 2.75) is 52.0 Å². The van der Waals surface area contributed by atoms with Crippen LogP contribution in [0, 0.1) is 0 Å². The number of rotatable bonds is 23. The fourth-order valence-corrected chi connectivity index (χ4v) is 4.86. The second-order valence-corrected chi connectivity index (χ2v) is 12.3. The van der Waals surface area contributed by atoms with Crippen molar-refractivity contribution in [2.75, 3.05) is 80.2 Å². The Bertz CT molecular complexity index is 1420. The third-order valence-electron chi connectivity index (χ3n) is 7.57. The number of fused-ring (bicyclic) bond motifs is 2. The van der Waals surface area contributed by atoms with Gasteiger partial charge in [0.2, 0.25) is 0 Å². The summed E-state index contributed by atoms with van der Waals surface area (Å²) in [7, 11) is 3.38. The van der Waals surface area contributed by atoms with Gasteiger partial charge in [0.05, 0.1) is 39.6 Å². The minimum Gasteiger partial charge on any atom is -0.490 e. The van der Waals surface area contributed by atoms with Crippen molar-refractivity contribution >= 4 is 21.5 Å². The molecule has 49 heavy (non-hydrogen) atoms. The van der Waals surface area contributed by atoms with E-state index in [9.17, 15) is 0 Å². The molecule has 2 atom stereocenters. The number of hydrogen-bond donors (Lipinski definition) is 2. The Morgan fingerprint density at radius 1 is 0.510 bits per heavy atom. The molecule has 0 fully saturated rings. The lowest BCUT2D eigenvalue weighted by Crippen LogP contribution is -2.37. The monoisotopic (exact) mass is 678 g/mol. The quantitative estimate of drug-likeness (QED) is 0.0853. The summed E-state index contributed by atoms with van der Waals surface area (Å²) < 4.78 is 39.3. The van der Waals surface area contributed by atoms with Gasteiger partial charge in [-0.2, -0.15) is 0 Å². The van der Waals surface area contributed by atoms with Gasteiger partial charge in [0.1, 0.15) is 36.9 Å². The van der Waals surface area contributed by atoms with Crippen LogP contribution in [-0.4, -0.2) is 104 Å². The molecule has 9 heteroatoms. The van der Waals surface area contributed by atoms with E-state index in [1.165, 1.54) is 10.8 Å². The molecule has 0 saturated carbocycles. The van der Waals surface area contributed by atoms with E-state index in [2.05, 4.69) is 74.7 Å². The third kappa shape index (κ3) is 15.9. The van der Waals surface area contributed by atoms with Gasteiger partial charge < -0.3 is 43.8 Å². The Morgan fingerprint density at radius 3 is 1.47 bits per heavy atom. The van der Waals surface area contributed by atoms with Crippen molar-refractivity contribution in [3.8, 4) is 11.5 Å². The number of ether oxygens (including phenoxy) is 7. The predicted octanol–water partition coefficient (Wildman–Crippen LogP) is 6.51. The highest BCUT2D eigenvalue weighted by atomic mass is 16.6. The average molecular weight is 679 g/mol. The SMILES string of the molecule is COCCOCCOCCO[C@@H](CNC(C)C)COc1cccc2ccccc12.CO[C@@H](CNC(C)C)COc1cccc2ccccc12. The maximum atomic E-state index is 6.11. The van der Waals surface area contributed by atoms with Crippen LogP contribution in [0.5, 0.6) is 11.5 Å². The van der Waals surface area contributed by atoms with E-state index in [0.29, 0.717) is 64.9 Å². The van der Waals surface area contributed by atoms with E-state index in [1.54, 1.807) is 14.2 Å². The Kier molecular flexibility index (Phi) is 19.6. The first kappa shape index (κ1) is 40.2. The van der Waals surface area contributed by atoms with Crippen LogP contribution in [0.2, 0.25) is 0 Å². The minimum absolute atomic E-state index is 0.0522. The summed E-state index contributed by atoms with van der Waals surface area (Å²) in [4.78, 5) is 0. The second-order valence-electron chi connectivity index (χ2n) is 12.3. The van der Waals surface area contributed by atoms with Crippen molar-refractivity contribution in [3.63, 3.8) is 0 Å². The molecule has 4 aromatic carbocycles. The smallest absolute Gasteiger partial charge is 0.127 e. The highest BCUT2D eigenvalue weighted by Crippen LogP contribution is 2.26. The van der Waals surface area contributed by atoms with Gasteiger partial charge in [-0.15, -0.1) is 0 Å². The number of hydrogen-bond acceptors (Lipinski definition) is 9. The summed E-state index contributed by atoms with van der Waals surface area (Å²) in [5.41, 5.74) is 0. The average Bonchev–Trinajstić information content (AvgIpc) is 3.12. The Hall–Kier alpha value is -3.28. The van der Waals surface area contributed by atoms with Crippen LogP contribution in [0.3, 0.4) is 0 Å². The molecule has 0 aliphatic rings. The van der Waals surface area contributed by atoms with Crippen molar-refractivity contribution in [1.82, 2.24) is 10.6 Å². The first-order chi connectivity index (χ1) is 23.9. The van der Waals surface area contributed by atoms with Crippen LogP contribution < -0.4 is 20.1 Å². The molecule has 0 aliphatic heterocycles. The van der Waals surface area contributed by atoms with Gasteiger partial charge in [0.25, 0.3) is 0 Å². The second kappa shape index (κ2) is 24.0. The van der Waals surface area contributed by atoms with Crippen LogP contribution >= 0.6 is 0 Å². The molecule has 0 saturated heterocycles. The molecule has 0 aromatic heterocycles. The highest BCUT2D eigenvalue weighted by molar-refractivity contribution is 5.88. The summed E-state index contributed by atoms with van der Waals surface area (Å²) in [6.07, 6.45) is -0.00529. The van der Waals surface area contributed by atoms with Crippen LogP contribution in [0.25, 0.3) is 21.5 Å². The zero-order chi connectivity index (χ0) is 35.1. The third-order valence-corrected chi connectivity index (χ3v) is 7.57. The van der Waals surface area contributed by atoms with Gasteiger partial charge in [-0.1, -0.05) is 100 Å². The van der Waals surface area contributed by atoms with Crippen LogP contribution in [0.15, 0.2) is 84.9 Å². The Labute approximate surface area is 293 Å². The highest BCUT2D eigenvalue weighted by Gasteiger charge is 2.13. The number of benzene rings is 4. The first-order valence-corrected chi connectivity index (χ1v) is 17.4. The molecule has 0 bridgehead atoms. The largest absolute Gasteiger partial charge is 0.490 e. The maximum Gasteiger partial charge on any atom is 0.127 e. The molecule has 270 valence electrons. The van der Waals surface area contributed by atoms with Crippen LogP contribution in [0.1, 0.15) is 27.7 Å². The summed E-state index contributed by atoms with van der Waals surface area (Å²) in [6.45, 7) is 14.4. The predicted molar refractivity (Wildman–Crippen MR) is 199 cm³/mol. The summed E-state index contributed by atoms with van der Waals surface area (Å²) in [5, 5.41) is 11.4. The molecule has 9 nitrogen and oxygen atoms in total. The van der Waals surface area contributed by atoms with Crippen molar-refractivity contribution < 1.29 is 33.2 Å². The van der Waals surface area contributed by atoms with Gasteiger partial charge >= 0.3 is 0 Å². The van der Waals surface area contributed by atoms with E-state index in [1.807, 2.05) is 48.5 Å². The zero-order valence-corrected chi connectivity index (χ0v) is 30.3. The fourth-order valence-electron chi connectivity index (χ4n) is 4.86. The molecule has 0 amide bonds. The fraction of sp³-hybridized carbons (Fsp3) is 0.500. The normalized spacial score (nSPS) is 12.7. The molecular weight excluding hydrogens is 620 g/mol. The van der Waals surface area contributed by atoms with Crippen molar-refractivity contribution in [2.24, 2.45) is 0 Å². The standard InChI is InChI=1S/C23H35NO5.C17H23NO2/c1-19(2)24-17-21(28-16-15-27-14-13-26-12-11-25-3)18-29-23-10-6-8-20-7-4-5-9-22(20)23;1-13(2)18-11-15(19-3)12-20-17-10-6-8-14-7-4-5-9-16(14)17/h4-10,19,21,24H,11-18H2,1-3H3;4-10,13,15,18H,11-12H2,1-3H3/t21-;15-/m00/s1. The van der Waals surface area contributed by atoms with Crippen molar-refractivity contribution in [3.05, 3.63) is 84.9 Å². The molecular formula is C40H58N2O7. The van der Waals surface area contributed by atoms with Gasteiger partial charge in [-0.05, 0) is 22.9 Å². The van der Waals surface area contributed by atoms with Crippen LogP contribution in [-0.2, 0) is 23.7 Å². The molecule has 0 aliphatic carbocycles. The maximum absolute atomic E-state index is 6.11. The van der Waals surface area contributed by atoms with Crippen LogP contribution in [0.4, 0.5) is 0 Å². The summed E-state index contributed by atoms with van der Waals surface area (Å²) >= 11 is 0. The first-order valence-electron chi connectivity index (χ1n) is 17.4. The lowest BCUT2D eigenvalue weighted by atomic mass is 10.1. The molecule has 2 N–H and O–H groups in total. The summed E-state index contributed by atoms with van der Waals surface area (Å²) in [5.74, 6) is 1.79. The van der Waals surface area contributed by atoms with Crippen molar-refractivity contribution in [1.29, 1.82) is 0 Å². The molecule has 4 aromatic rings. The van der Waals surface area contributed by atoms with E-state index < -0.39 is 0 Å². The van der Waals surface area contributed by atoms with Gasteiger partial charge in [0, 0.05) is 50.2 Å². The topological polar surface area (TPSA) is 88.7 Å². The Morgan fingerprint density at radius 2 is 0.959 bits per heavy atom. The van der Waals surface area contributed by atoms with Gasteiger partial charge in [0.15, 0.2) is 0 Å². The van der Waals surface area contributed by atoms with E-state index >= 15 is 0 Å². The van der Waals surface area contributed by atoms with E-state index in [-0.39, 0.29) is 12.2 Å². The number of methoxy groups -OCH3 is 2. The molecule has 0 radical (unpaired) electrons. The molecule has 4 rings (SSSR count). The molecule has 0 unspecified atom stereocenters. The van der Waals surface area contributed by atoms with E-state index in [0.717, 1.165) is 35.4 Å². The summed E-state index contributed by atoms with van der Waals surface area (Å²) in [6, 6.07) is 29.5. The lowest BCUT2D eigenvalue weighted by molar-refractivity contribution is -0.0274. The molecule has 0 heterocycles. The Balaban J connectivity index is 0.000000284. The minimum atomic E-state index is -0.0575.